The third kappa shape index (κ3) is 2.50. The maximum atomic E-state index is 12.5. The lowest BCUT2D eigenvalue weighted by Crippen LogP contribution is -2.46. The van der Waals surface area contributed by atoms with E-state index >= 15 is 0 Å². The first kappa shape index (κ1) is 15.3. The van der Waals surface area contributed by atoms with E-state index in [-0.39, 0.29) is 23.6 Å². The number of hydrogen-bond acceptors (Lipinski definition) is 4. The van der Waals surface area contributed by atoms with Gasteiger partial charge in [0, 0.05) is 19.0 Å². The van der Waals surface area contributed by atoms with E-state index in [0.29, 0.717) is 13.1 Å². The number of rotatable bonds is 3. The molecule has 1 aromatic carbocycles. The van der Waals surface area contributed by atoms with Gasteiger partial charge >= 0.3 is 0 Å². The molecule has 0 radical (unpaired) electrons. The largest absolute Gasteiger partial charge is 0.502 e. The summed E-state index contributed by atoms with van der Waals surface area (Å²) in [6, 6.07) is 9.80. The lowest BCUT2D eigenvalue weighted by molar-refractivity contribution is 0.0642. The van der Waals surface area contributed by atoms with Crippen molar-refractivity contribution in [2.45, 2.75) is 25.8 Å². The van der Waals surface area contributed by atoms with Gasteiger partial charge in [-0.1, -0.05) is 37.3 Å². The first-order chi connectivity index (χ1) is 11.0. The van der Waals surface area contributed by atoms with Gasteiger partial charge in [-0.15, -0.1) is 0 Å². The number of carbonyl (C=O) groups is 1. The molecular weight excluding hydrogens is 294 g/mol. The lowest BCUT2D eigenvalue weighted by Gasteiger charge is -2.37. The Bertz CT molecular complexity index is 785. The Balaban J connectivity index is 2.13. The SMILES string of the molecule is CCN1C[C@H](C(C)c2ccccc2)n2ncc(=O)c(O)c2C1=O. The maximum absolute atomic E-state index is 12.5. The van der Waals surface area contributed by atoms with Crippen LogP contribution < -0.4 is 5.43 Å². The summed E-state index contributed by atoms with van der Waals surface area (Å²) < 4.78 is 1.50. The van der Waals surface area contributed by atoms with Crippen LogP contribution in [-0.2, 0) is 0 Å². The third-order valence-corrected chi connectivity index (χ3v) is 4.48. The predicted octanol–water partition coefficient (Wildman–Crippen LogP) is 1.77. The molecule has 120 valence electrons. The Morgan fingerprint density at radius 3 is 2.65 bits per heavy atom. The summed E-state index contributed by atoms with van der Waals surface area (Å²) >= 11 is 0. The summed E-state index contributed by atoms with van der Waals surface area (Å²) in [4.78, 5) is 25.8. The van der Waals surface area contributed by atoms with Crippen molar-refractivity contribution < 1.29 is 9.90 Å². The first-order valence-electron chi connectivity index (χ1n) is 7.69. The van der Waals surface area contributed by atoms with Gasteiger partial charge in [-0.3, -0.25) is 14.3 Å². The minimum absolute atomic E-state index is 0.0154. The Labute approximate surface area is 134 Å². The van der Waals surface area contributed by atoms with Crippen LogP contribution in [0.25, 0.3) is 0 Å². The van der Waals surface area contributed by atoms with Gasteiger partial charge in [0.1, 0.15) is 0 Å². The fourth-order valence-electron chi connectivity index (χ4n) is 3.07. The first-order valence-corrected chi connectivity index (χ1v) is 7.69. The highest BCUT2D eigenvalue weighted by Crippen LogP contribution is 2.34. The van der Waals surface area contributed by atoms with Crippen LogP contribution in [0.15, 0.2) is 41.3 Å². The minimum Gasteiger partial charge on any atom is -0.502 e. The lowest BCUT2D eigenvalue weighted by atomic mass is 9.91. The van der Waals surface area contributed by atoms with Crippen molar-refractivity contribution >= 4 is 5.91 Å². The number of aromatic nitrogens is 2. The summed E-state index contributed by atoms with van der Waals surface area (Å²) in [5, 5.41) is 14.2. The predicted molar refractivity (Wildman–Crippen MR) is 85.6 cm³/mol. The summed E-state index contributed by atoms with van der Waals surface area (Å²) in [6.45, 7) is 4.95. The molecule has 2 heterocycles. The van der Waals surface area contributed by atoms with Gasteiger partial charge in [0.25, 0.3) is 5.91 Å². The molecule has 0 saturated carbocycles. The average molecular weight is 313 g/mol. The van der Waals surface area contributed by atoms with Gasteiger partial charge in [-0.25, -0.2) is 0 Å². The average Bonchev–Trinajstić information content (AvgIpc) is 2.58. The van der Waals surface area contributed by atoms with Gasteiger partial charge in [0.15, 0.2) is 11.4 Å². The number of nitrogens with zero attached hydrogens (tertiary/aromatic N) is 3. The fraction of sp³-hybridized carbons (Fsp3) is 0.353. The second-order valence-electron chi connectivity index (χ2n) is 5.76. The molecule has 1 aliphatic heterocycles. The molecule has 0 fully saturated rings. The van der Waals surface area contributed by atoms with E-state index in [1.165, 1.54) is 4.68 Å². The molecule has 3 rings (SSSR count). The molecule has 0 bridgehead atoms. The van der Waals surface area contributed by atoms with Crippen LogP contribution in [0.1, 0.15) is 41.9 Å². The summed E-state index contributed by atoms with van der Waals surface area (Å²) in [6.07, 6.45) is 1.07. The molecule has 2 aromatic rings. The van der Waals surface area contributed by atoms with Crippen LogP contribution in [0.3, 0.4) is 0 Å². The van der Waals surface area contributed by atoms with Crippen molar-refractivity contribution in [3.8, 4) is 5.75 Å². The van der Waals surface area contributed by atoms with Crippen molar-refractivity contribution in [1.29, 1.82) is 0 Å². The molecule has 1 N–H and O–H groups in total. The van der Waals surface area contributed by atoms with Crippen LogP contribution in [0.5, 0.6) is 5.75 Å². The highest BCUT2D eigenvalue weighted by Gasteiger charge is 2.36. The molecule has 0 saturated heterocycles. The van der Waals surface area contributed by atoms with E-state index in [0.717, 1.165) is 11.8 Å². The molecule has 0 spiro atoms. The Hall–Kier alpha value is -2.63. The number of benzene rings is 1. The molecule has 0 aliphatic carbocycles. The van der Waals surface area contributed by atoms with Crippen LogP contribution >= 0.6 is 0 Å². The van der Waals surface area contributed by atoms with E-state index in [1.807, 2.05) is 37.3 Å². The Kier molecular flexibility index (Phi) is 3.90. The second kappa shape index (κ2) is 5.87. The maximum Gasteiger partial charge on any atom is 0.276 e. The number of likely N-dealkylation sites (N-methyl/N-ethyl adjacent to an activating group) is 1. The van der Waals surface area contributed by atoms with E-state index in [2.05, 4.69) is 12.0 Å². The monoisotopic (exact) mass is 313 g/mol. The van der Waals surface area contributed by atoms with Gasteiger partial charge in [-0.2, -0.15) is 5.10 Å². The fourth-order valence-corrected chi connectivity index (χ4v) is 3.07. The minimum atomic E-state index is -0.631. The molecule has 1 unspecified atom stereocenters. The quantitative estimate of drug-likeness (QED) is 0.937. The van der Waals surface area contributed by atoms with Crippen molar-refractivity contribution in [3.05, 3.63) is 58.0 Å². The van der Waals surface area contributed by atoms with Gasteiger partial charge < -0.3 is 10.0 Å². The van der Waals surface area contributed by atoms with Crippen LogP contribution in [0.4, 0.5) is 0 Å². The topological polar surface area (TPSA) is 75.4 Å². The highest BCUT2D eigenvalue weighted by molar-refractivity contribution is 5.95. The van der Waals surface area contributed by atoms with Gasteiger partial charge in [0.05, 0.1) is 12.2 Å². The van der Waals surface area contributed by atoms with Crippen molar-refractivity contribution in [2.24, 2.45) is 0 Å². The van der Waals surface area contributed by atoms with E-state index in [1.54, 1.807) is 4.90 Å². The highest BCUT2D eigenvalue weighted by atomic mass is 16.3. The van der Waals surface area contributed by atoms with Crippen molar-refractivity contribution in [1.82, 2.24) is 14.7 Å². The molecule has 6 heteroatoms. The Morgan fingerprint density at radius 2 is 2.00 bits per heavy atom. The molecule has 1 aromatic heterocycles. The van der Waals surface area contributed by atoms with E-state index in [9.17, 15) is 14.7 Å². The van der Waals surface area contributed by atoms with Gasteiger partial charge in [0.2, 0.25) is 5.43 Å². The smallest absolute Gasteiger partial charge is 0.276 e. The number of fused-ring (bicyclic) bond motifs is 1. The number of carbonyl (C=O) groups excluding carboxylic acids is 1. The summed E-state index contributed by atoms with van der Waals surface area (Å²) in [5.74, 6) is -0.799. The zero-order chi connectivity index (χ0) is 16.6. The van der Waals surface area contributed by atoms with E-state index in [4.69, 9.17) is 0 Å². The summed E-state index contributed by atoms with van der Waals surface area (Å²) in [5.41, 5.74) is 0.473. The molecule has 6 nitrogen and oxygen atoms in total. The van der Waals surface area contributed by atoms with Crippen LogP contribution in [0, 0.1) is 0 Å². The normalized spacial score (nSPS) is 18.6. The standard InChI is InChI=1S/C17H19N3O3/c1-3-19-10-13(11(2)12-7-5-4-6-8-12)20-15(17(19)23)16(22)14(21)9-18-20/h4-9,11,13,22H,3,10H2,1-2H3/t11?,13-/m1/s1. The molecule has 1 aliphatic rings. The molecule has 23 heavy (non-hydrogen) atoms. The molecule has 1 amide bonds. The zero-order valence-electron chi connectivity index (χ0n) is 13.1. The number of amides is 1. The van der Waals surface area contributed by atoms with Crippen LogP contribution in [0.2, 0.25) is 0 Å². The van der Waals surface area contributed by atoms with Gasteiger partial charge in [-0.05, 0) is 12.5 Å². The Morgan fingerprint density at radius 1 is 1.30 bits per heavy atom. The molecular formula is C17H19N3O3. The number of hydrogen-bond donors (Lipinski definition) is 1. The summed E-state index contributed by atoms with van der Waals surface area (Å²) in [7, 11) is 0. The van der Waals surface area contributed by atoms with Crippen molar-refractivity contribution in [2.75, 3.05) is 13.1 Å². The van der Waals surface area contributed by atoms with Crippen LogP contribution in [-0.4, -0.2) is 38.8 Å². The zero-order valence-corrected chi connectivity index (χ0v) is 13.1. The molecule has 2 atom stereocenters. The second-order valence-corrected chi connectivity index (χ2v) is 5.76. The van der Waals surface area contributed by atoms with Crippen molar-refractivity contribution in [3.63, 3.8) is 0 Å². The van der Waals surface area contributed by atoms with E-state index < -0.39 is 11.2 Å². The number of aromatic hydroxyl groups is 1. The third-order valence-electron chi connectivity index (χ3n) is 4.48.